The molecule has 0 aromatic heterocycles. The van der Waals surface area contributed by atoms with Gasteiger partial charge in [-0.3, -0.25) is 14.9 Å². The second kappa shape index (κ2) is 10.4. The van der Waals surface area contributed by atoms with Gasteiger partial charge in [0.1, 0.15) is 0 Å². The van der Waals surface area contributed by atoms with Gasteiger partial charge in [0.05, 0.1) is 14.2 Å². The van der Waals surface area contributed by atoms with Crippen molar-refractivity contribution in [3.05, 3.63) is 83.4 Å². The van der Waals surface area contributed by atoms with Crippen molar-refractivity contribution in [3.63, 3.8) is 0 Å². The van der Waals surface area contributed by atoms with Gasteiger partial charge in [-0.15, -0.1) is 0 Å². The van der Waals surface area contributed by atoms with Gasteiger partial charge >= 0.3 is 0 Å². The Morgan fingerprint density at radius 1 is 0.781 bits per heavy atom. The smallest absolute Gasteiger partial charge is 0.257 e. The minimum absolute atomic E-state index is 0.118. The third-order valence-corrected chi connectivity index (χ3v) is 4.84. The molecule has 164 valence electrons. The Kier molecular flexibility index (Phi) is 7.41. The van der Waals surface area contributed by atoms with Crippen molar-refractivity contribution in [1.29, 1.82) is 0 Å². The van der Waals surface area contributed by atoms with E-state index in [1.807, 2.05) is 25.1 Å². The van der Waals surface area contributed by atoms with Crippen molar-refractivity contribution in [3.8, 4) is 11.5 Å². The fourth-order valence-corrected chi connectivity index (χ4v) is 3.23. The number of methoxy groups -OCH3 is 2. The van der Waals surface area contributed by atoms with Crippen molar-refractivity contribution >= 4 is 40.5 Å². The van der Waals surface area contributed by atoms with E-state index in [-0.39, 0.29) is 11.0 Å². The maximum Gasteiger partial charge on any atom is 0.257 e. The highest BCUT2D eigenvalue weighted by atomic mass is 32.1. The highest BCUT2D eigenvalue weighted by molar-refractivity contribution is 7.80. The van der Waals surface area contributed by atoms with Gasteiger partial charge in [0.2, 0.25) is 0 Å². The number of anilines is 2. The van der Waals surface area contributed by atoms with Crippen molar-refractivity contribution < 1.29 is 19.1 Å². The zero-order chi connectivity index (χ0) is 23.1. The van der Waals surface area contributed by atoms with Crippen molar-refractivity contribution in [2.24, 2.45) is 0 Å². The van der Waals surface area contributed by atoms with E-state index >= 15 is 0 Å². The van der Waals surface area contributed by atoms with Crippen LogP contribution >= 0.6 is 12.2 Å². The molecule has 3 aromatic rings. The van der Waals surface area contributed by atoms with Gasteiger partial charge in [-0.2, -0.15) is 0 Å². The summed E-state index contributed by atoms with van der Waals surface area (Å²) in [5.74, 6) is 0.363. The molecule has 3 rings (SSSR count). The van der Waals surface area contributed by atoms with Crippen molar-refractivity contribution in [2.75, 3.05) is 24.9 Å². The van der Waals surface area contributed by atoms with Crippen LogP contribution in [0, 0.1) is 6.92 Å². The van der Waals surface area contributed by atoms with E-state index in [2.05, 4.69) is 16.0 Å². The second-order valence-electron chi connectivity index (χ2n) is 6.83. The van der Waals surface area contributed by atoms with E-state index < -0.39 is 5.91 Å². The lowest BCUT2D eigenvalue weighted by molar-refractivity contribution is 0.0976. The predicted octanol–water partition coefficient (Wildman–Crippen LogP) is 4.39. The SMILES string of the molecule is COc1ccc(C(=O)NC(=S)Nc2cccc(NC(=O)c3ccccc3C)c2)cc1OC. The van der Waals surface area contributed by atoms with E-state index in [0.29, 0.717) is 34.0 Å². The van der Waals surface area contributed by atoms with Crippen LogP contribution in [0.15, 0.2) is 66.7 Å². The number of hydrogen-bond acceptors (Lipinski definition) is 5. The first kappa shape index (κ1) is 22.8. The van der Waals surface area contributed by atoms with Gasteiger partial charge in [-0.25, -0.2) is 0 Å². The van der Waals surface area contributed by atoms with Gasteiger partial charge in [0.15, 0.2) is 16.6 Å². The molecule has 0 heterocycles. The lowest BCUT2D eigenvalue weighted by atomic mass is 10.1. The molecule has 0 fully saturated rings. The van der Waals surface area contributed by atoms with Crippen LogP contribution in [-0.4, -0.2) is 31.1 Å². The highest BCUT2D eigenvalue weighted by Crippen LogP contribution is 2.27. The van der Waals surface area contributed by atoms with Gasteiger partial charge in [0, 0.05) is 22.5 Å². The van der Waals surface area contributed by atoms with Gasteiger partial charge in [0.25, 0.3) is 11.8 Å². The Morgan fingerprint density at radius 2 is 1.47 bits per heavy atom. The molecule has 0 aliphatic heterocycles. The molecule has 32 heavy (non-hydrogen) atoms. The molecule has 0 aliphatic carbocycles. The maximum atomic E-state index is 12.5. The number of amides is 2. The highest BCUT2D eigenvalue weighted by Gasteiger charge is 2.13. The Balaban J connectivity index is 1.64. The lowest BCUT2D eigenvalue weighted by Gasteiger charge is -2.13. The standard InChI is InChI=1S/C24H23N3O4S/c1-15-7-4-5-10-19(15)23(29)25-17-8-6-9-18(14-17)26-24(32)27-22(28)16-11-12-20(30-2)21(13-16)31-3/h4-14H,1-3H3,(H,25,29)(H2,26,27,28,32). The number of thiocarbonyl (C=S) groups is 1. The minimum atomic E-state index is -0.396. The van der Waals surface area contributed by atoms with Crippen molar-refractivity contribution in [1.82, 2.24) is 5.32 Å². The molecule has 8 heteroatoms. The fraction of sp³-hybridized carbons (Fsp3) is 0.125. The monoisotopic (exact) mass is 449 g/mol. The molecular formula is C24H23N3O4S. The quantitative estimate of drug-likeness (QED) is 0.484. The number of aryl methyl sites for hydroxylation is 1. The van der Waals surface area contributed by atoms with Crippen LogP contribution in [-0.2, 0) is 0 Å². The van der Waals surface area contributed by atoms with E-state index in [9.17, 15) is 9.59 Å². The first-order valence-electron chi connectivity index (χ1n) is 9.72. The summed E-state index contributed by atoms with van der Waals surface area (Å²) in [7, 11) is 3.02. The molecule has 0 spiro atoms. The zero-order valence-corrected chi connectivity index (χ0v) is 18.7. The largest absolute Gasteiger partial charge is 0.493 e. The molecule has 0 atom stereocenters. The first-order chi connectivity index (χ1) is 15.4. The summed E-state index contributed by atoms with van der Waals surface area (Å²) < 4.78 is 10.4. The minimum Gasteiger partial charge on any atom is -0.493 e. The van der Waals surface area contributed by atoms with Crippen LogP contribution in [0.4, 0.5) is 11.4 Å². The van der Waals surface area contributed by atoms with Crippen LogP contribution in [0.5, 0.6) is 11.5 Å². The molecule has 0 saturated heterocycles. The van der Waals surface area contributed by atoms with E-state index in [4.69, 9.17) is 21.7 Å². The number of ether oxygens (including phenoxy) is 2. The Hall–Kier alpha value is -3.91. The summed E-state index contributed by atoms with van der Waals surface area (Å²) in [5.41, 5.74) is 3.07. The molecule has 0 aliphatic rings. The first-order valence-corrected chi connectivity index (χ1v) is 10.1. The molecule has 0 bridgehead atoms. The van der Waals surface area contributed by atoms with Crippen LogP contribution < -0.4 is 25.4 Å². The summed E-state index contributed by atoms with van der Waals surface area (Å²) in [5, 5.41) is 8.56. The van der Waals surface area contributed by atoms with E-state index in [0.717, 1.165) is 5.56 Å². The molecule has 0 unspecified atom stereocenters. The lowest BCUT2D eigenvalue weighted by Crippen LogP contribution is -2.34. The third kappa shape index (κ3) is 5.61. The zero-order valence-electron chi connectivity index (χ0n) is 17.9. The molecule has 0 saturated carbocycles. The summed E-state index contributed by atoms with van der Waals surface area (Å²) in [6, 6.07) is 19.2. The molecule has 3 N–H and O–H groups in total. The van der Waals surface area contributed by atoms with Gasteiger partial charge < -0.3 is 20.1 Å². The third-order valence-electron chi connectivity index (χ3n) is 4.64. The predicted molar refractivity (Wildman–Crippen MR) is 129 cm³/mol. The maximum absolute atomic E-state index is 12.5. The molecular weight excluding hydrogens is 426 g/mol. The molecule has 3 aromatic carbocycles. The Morgan fingerprint density at radius 3 is 2.16 bits per heavy atom. The number of carbonyl (C=O) groups is 2. The molecule has 2 amide bonds. The second-order valence-corrected chi connectivity index (χ2v) is 7.24. The average Bonchev–Trinajstić information content (AvgIpc) is 2.78. The van der Waals surface area contributed by atoms with Crippen LogP contribution in [0.1, 0.15) is 26.3 Å². The van der Waals surface area contributed by atoms with Crippen LogP contribution in [0.25, 0.3) is 0 Å². The number of rotatable bonds is 6. The molecule has 0 radical (unpaired) electrons. The summed E-state index contributed by atoms with van der Waals surface area (Å²) in [4.78, 5) is 25.1. The number of hydrogen-bond donors (Lipinski definition) is 3. The molecule has 7 nitrogen and oxygen atoms in total. The van der Waals surface area contributed by atoms with Crippen molar-refractivity contribution in [2.45, 2.75) is 6.92 Å². The summed E-state index contributed by atoms with van der Waals surface area (Å²) >= 11 is 5.26. The topological polar surface area (TPSA) is 88.7 Å². The summed E-state index contributed by atoms with van der Waals surface area (Å²) in [6.07, 6.45) is 0. The van der Waals surface area contributed by atoms with Gasteiger partial charge in [-0.05, 0) is 67.2 Å². The number of benzene rings is 3. The van der Waals surface area contributed by atoms with Crippen LogP contribution in [0.2, 0.25) is 0 Å². The number of carbonyl (C=O) groups excluding carboxylic acids is 2. The van der Waals surface area contributed by atoms with E-state index in [1.165, 1.54) is 14.2 Å². The Bertz CT molecular complexity index is 1160. The Labute approximate surface area is 191 Å². The number of nitrogens with one attached hydrogen (secondary N) is 3. The normalized spacial score (nSPS) is 10.1. The fourth-order valence-electron chi connectivity index (χ4n) is 3.02. The summed E-state index contributed by atoms with van der Waals surface area (Å²) in [6.45, 7) is 1.88. The van der Waals surface area contributed by atoms with E-state index in [1.54, 1.807) is 48.5 Å². The average molecular weight is 450 g/mol. The van der Waals surface area contributed by atoms with Gasteiger partial charge in [-0.1, -0.05) is 24.3 Å². The van der Waals surface area contributed by atoms with Crippen LogP contribution in [0.3, 0.4) is 0 Å².